The van der Waals surface area contributed by atoms with Gasteiger partial charge in [0.15, 0.2) is 0 Å². The van der Waals surface area contributed by atoms with Crippen LogP contribution in [0.1, 0.15) is 29.5 Å². The number of urea groups is 1. The number of amides is 2. The molecule has 6 rings (SSSR count). The summed E-state index contributed by atoms with van der Waals surface area (Å²) in [6.07, 6.45) is 6.18. The largest absolute Gasteiger partial charge is 0.335 e. The Balaban J connectivity index is 1.17. The number of rotatable bonds is 7. The lowest BCUT2D eigenvalue weighted by molar-refractivity contribution is 0.233. The van der Waals surface area contributed by atoms with Gasteiger partial charge in [-0.05, 0) is 59.9 Å². The molecule has 2 aliphatic rings. The lowest BCUT2D eigenvalue weighted by atomic mass is 10.0. The number of hydrogen-bond donors (Lipinski definition) is 3. The summed E-state index contributed by atoms with van der Waals surface area (Å²) >= 11 is 1.64. The van der Waals surface area contributed by atoms with Crippen LogP contribution in [-0.4, -0.2) is 53.1 Å². The van der Waals surface area contributed by atoms with Gasteiger partial charge in [0, 0.05) is 63.3 Å². The van der Waals surface area contributed by atoms with E-state index in [1.165, 1.54) is 11.6 Å². The number of benzene rings is 1. The summed E-state index contributed by atoms with van der Waals surface area (Å²) in [5.74, 6) is -0.340. The SMILES string of the molecule is O=C(Nc1ccc(Cc2ccnc3cc(-c4ccc(CN5CCNCC5)cn4)sc23)c(F)c1)NC1CC1. The van der Waals surface area contributed by atoms with Gasteiger partial charge < -0.3 is 16.0 Å². The van der Waals surface area contributed by atoms with Gasteiger partial charge in [0.1, 0.15) is 5.82 Å². The standard InChI is InChI=1S/C28H29FN6OS/c29-23-14-22(34-28(36)33-21-4-5-21)3-2-19(23)13-20-7-8-31-25-15-26(37-27(20)25)24-6-1-18(16-32-24)17-35-11-9-30-10-12-35/h1-3,6-8,14-16,21,30H,4-5,9-13,17H2,(H2,33,34,36). The zero-order valence-corrected chi connectivity index (χ0v) is 21.3. The third kappa shape index (κ3) is 5.79. The molecule has 0 atom stereocenters. The molecule has 0 unspecified atom stereocenters. The molecule has 1 aliphatic carbocycles. The van der Waals surface area contributed by atoms with Crippen LogP contribution in [0.25, 0.3) is 20.8 Å². The van der Waals surface area contributed by atoms with Crippen LogP contribution in [-0.2, 0) is 13.0 Å². The molecule has 0 bridgehead atoms. The van der Waals surface area contributed by atoms with Crippen molar-refractivity contribution >= 4 is 33.3 Å². The van der Waals surface area contributed by atoms with Crippen LogP contribution in [0.5, 0.6) is 0 Å². The van der Waals surface area contributed by atoms with Crippen LogP contribution in [0, 0.1) is 5.82 Å². The highest BCUT2D eigenvalue weighted by Gasteiger charge is 2.23. The Hall–Kier alpha value is -3.40. The minimum absolute atomic E-state index is 0.249. The van der Waals surface area contributed by atoms with Gasteiger partial charge >= 0.3 is 6.03 Å². The van der Waals surface area contributed by atoms with E-state index < -0.39 is 0 Å². The Kier molecular flexibility index (Phi) is 6.82. The van der Waals surface area contributed by atoms with E-state index >= 15 is 0 Å². The second-order valence-corrected chi connectivity index (χ2v) is 10.8. The molecule has 1 aliphatic heterocycles. The van der Waals surface area contributed by atoms with Gasteiger partial charge in [0.05, 0.1) is 20.8 Å². The highest BCUT2D eigenvalue weighted by Crippen LogP contribution is 2.35. The smallest absolute Gasteiger partial charge is 0.319 e. The second kappa shape index (κ2) is 10.5. The maximum absolute atomic E-state index is 14.9. The van der Waals surface area contributed by atoms with Crippen LogP contribution >= 0.6 is 11.3 Å². The normalized spacial score (nSPS) is 16.1. The van der Waals surface area contributed by atoms with Crippen molar-refractivity contribution in [3.63, 3.8) is 0 Å². The predicted octanol–water partition coefficient (Wildman–Crippen LogP) is 4.78. The van der Waals surface area contributed by atoms with E-state index in [4.69, 9.17) is 4.98 Å². The number of carbonyl (C=O) groups excluding carboxylic acids is 1. The van der Waals surface area contributed by atoms with E-state index in [9.17, 15) is 9.18 Å². The first-order valence-electron chi connectivity index (χ1n) is 12.7. The first kappa shape index (κ1) is 24.0. The van der Waals surface area contributed by atoms with Crippen LogP contribution in [0.3, 0.4) is 0 Å². The van der Waals surface area contributed by atoms with Crippen molar-refractivity contribution in [2.45, 2.75) is 31.8 Å². The first-order chi connectivity index (χ1) is 18.1. The topological polar surface area (TPSA) is 82.2 Å². The number of piperazine rings is 1. The highest BCUT2D eigenvalue weighted by atomic mass is 32.1. The highest BCUT2D eigenvalue weighted by molar-refractivity contribution is 7.22. The Labute approximate surface area is 219 Å². The Morgan fingerprint density at radius 3 is 2.70 bits per heavy atom. The molecule has 190 valence electrons. The quantitative estimate of drug-likeness (QED) is 0.330. The summed E-state index contributed by atoms with van der Waals surface area (Å²) in [7, 11) is 0. The molecule has 0 spiro atoms. The van der Waals surface area contributed by atoms with E-state index in [2.05, 4.69) is 44.0 Å². The van der Waals surface area contributed by atoms with E-state index in [0.717, 1.165) is 71.9 Å². The van der Waals surface area contributed by atoms with Gasteiger partial charge in [-0.15, -0.1) is 11.3 Å². The molecule has 3 aromatic heterocycles. The molecule has 2 fully saturated rings. The van der Waals surface area contributed by atoms with Crippen LogP contribution in [0.15, 0.2) is 54.9 Å². The fourth-order valence-electron chi connectivity index (χ4n) is 4.60. The number of nitrogens with zero attached hydrogens (tertiary/aromatic N) is 3. The monoisotopic (exact) mass is 516 g/mol. The molecule has 4 heterocycles. The van der Waals surface area contributed by atoms with Gasteiger partial charge in [-0.3, -0.25) is 14.9 Å². The van der Waals surface area contributed by atoms with Gasteiger partial charge in [-0.2, -0.15) is 0 Å². The Bertz CT molecular complexity index is 1410. The average Bonchev–Trinajstić information content (AvgIpc) is 3.60. The van der Waals surface area contributed by atoms with E-state index in [-0.39, 0.29) is 17.9 Å². The lowest BCUT2D eigenvalue weighted by Crippen LogP contribution is -2.42. The molecular weight excluding hydrogens is 487 g/mol. The zero-order valence-electron chi connectivity index (χ0n) is 20.5. The fraction of sp³-hybridized carbons (Fsp3) is 0.321. The van der Waals surface area contributed by atoms with Crippen molar-refractivity contribution in [3.8, 4) is 10.6 Å². The Morgan fingerprint density at radius 1 is 1.08 bits per heavy atom. The summed E-state index contributed by atoms with van der Waals surface area (Å²) in [4.78, 5) is 24.7. The third-order valence-corrected chi connectivity index (χ3v) is 8.01. The van der Waals surface area contributed by atoms with Crippen molar-refractivity contribution in [2.75, 3.05) is 31.5 Å². The van der Waals surface area contributed by atoms with E-state index in [0.29, 0.717) is 17.7 Å². The van der Waals surface area contributed by atoms with Gasteiger partial charge in [-0.1, -0.05) is 12.1 Å². The molecule has 2 amide bonds. The molecule has 9 heteroatoms. The molecule has 3 N–H and O–H groups in total. The number of fused-ring (bicyclic) bond motifs is 1. The number of thiophene rings is 1. The maximum atomic E-state index is 14.9. The van der Waals surface area contributed by atoms with Gasteiger partial charge in [0.2, 0.25) is 0 Å². The molecular formula is C28H29FN6OS. The van der Waals surface area contributed by atoms with E-state index in [1.807, 2.05) is 12.3 Å². The van der Waals surface area contributed by atoms with Crippen molar-refractivity contribution in [1.82, 2.24) is 25.5 Å². The lowest BCUT2D eigenvalue weighted by Gasteiger charge is -2.27. The first-order valence-corrected chi connectivity index (χ1v) is 13.5. The third-order valence-electron chi connectivity index (χ3n) is 6.79. The van der Waals surface area contributed by atoms with Crippen LogP contribution in [0.4, 0.5) is 14.9 Å². The summed E-state index contributed by atoms with van der Waals surface area (Å²) in [6.45, 7) is 5.10. The van der Waals surface area contributed by atoms with Gasteiger partial charge in [0.25, 0.3) is 0 Å². The number of halogens is 1. The molecule has 1 saturated heterocycles. The van der Waals surface area contributed by atoms with Crippen LogP contribution < -0.4 is 16.0 Å². The van der Waals surface area contributed by atoms with E-state index in [1.54, 1.807) is 29.7 Å². The molecule has 0 radical (unpaired) electrons. The number of aromatic nitrogens is 2. The van der Waals surface area contributed by atoms with Crippen molar-refractivity contribution in [2.24, 2.45) is 0 Å². The number of anilines is 1. The molecule has 37 heavy (non-hydrogen) atoms. The molecule has 7 nitrogen and oxygen atoms in total. The van der Waals surface area contributed by atoms with Crippen molar-refractivity contribution in [1.29, 1.82) is 0 Å². The second-order valence-electron chi connectivity index (χ2n) is 9.73. The maximum Gasteiger partial charge on any atom is 0.319 e. The minimum atomic E-state index is -0.340. The fourth-order valence-corrected chi connectivity index (χ4v) is 5.70. The number of hydrogen-bond acceptors (Lipinski definition) is 6. The molecule has 4 aromatic rings. The average molecular weight is 517 g/mol. The number of pyridine rings is 2. The minimum Gasteiger partial charge on any atom is -0.335 e. The van der Waals surface area contributed by atoms with Crippen molar-refractivity contribution < 1.29 is 9.18 Å². The summed E-state index contributed by atoms with van der Waals surface area (Å²) < 4.78 is 16.0. The molecule has 1 aromatic carbocycles. The summed E-state index contributed by atoms with van der Waals surface area (Å²) in [5, 5.41) is 8.94. The summed E-state index contributed by atoms with van der Waals surface area (Å²) in [5.41, 5.74) is 5.06. The predicted molar refractivity (Wildman–Crippen MR) is 145 cm³/mol. The van der Waals surface area contributed by atoms with Gasteiger partial charge in [-0.25, -0.2) is 9.18 Å². The van der Waals surface area contributed by atoms with Crippen molar-refractivity contribution in [3.05, 3.63) is 77.4 Å². The van der Waals surface area contributed by atoms with Crippen LogP contribution in [0.2, 0.25) is 0 Å². The number of carbonyl (C=O) groups is 1. The number of nitrogens with one attached hydrogen (secondary N) is 3. The zero-order chi connectivity index (χ0) is 25.2. The Morgan fingerprint density at radius 2 is 1.95 bits per heavy atom. The molecule has 1 saturated carbocycles. The summed E-state index contributed by atoms with van der Waals surface area (Å²) in [6, 6.07) is 13.1.